The standard InChI is InChI=1S/C18H19NO/c1-2-11-18-15(6-1)7-3-8-16(18)14-19-12-4-9-17-10-5-13-20-17/h1-3,5-8,10-11,13,19H,4,9,12,14H2. The number of fused-ring (bicyclic) bond motifs is 1. The molecule has 0 fully saturated rings. The van der Waals surface area contributed by atoms with Crippen LogP contribution in [0.3, 0.4) is 0 Å². The molecule has 20 heavy (non-hydrogen) atoms. The molecule has 0 saturated carbocycles. The van der Waals surface area contributed by atoms with Gasteiger partial charge >= 0.3 is 0 Å². The fourth-order valence-corrected chi connectivity index (χ4v) is 2.51. The van der Waals surface area contributed by atoms with E-state index in [2.05, 4.69) is 47.8 Å². The Morgan fingerprint density at radius 3 is 2.70 bits per heavy atom. The van der Waals surface area contributed by atoms with Crippen molar-refractivity contribution in [3.8, 4) is 0 Å². The van der Waals surface area contributed by atoms with Gasteiger partial charge < -0.3 is 9.73 Å². The van der Waals surface area contributed by atoms with Gasteiger partial charge in [-0.1, -0.05) is 42.5 Å². The summed E-state index contributed by atoms with van der Waals surface area (Å²) in [5.41, 5.74) is 1.36. The zero-order valence-electron chi connectivity index (χ0n) is 11.5. The normalized spacial score (nSPS) is 11.0. The molecular formula is C18H19NO. The molecule has 0 bridgehead atoms. The van der Waals surface area contributed by atoms with Crippen LogP contribution in [-0.4, -0.2) is 6.54 Å². The van der Waals surface area contributed by atoms with E-state index in [1.54, 1.807) is 6.26 Å². The van der Waals surface area contributed by atoms with E-state index in [4.69, 9.17) is 4.42 Å². The van der Waals surface area contributed by atoms with Crippen LogP contribution in [0, 0.1) is 0 Å². The molecule has 2 aromatic carbocycles. The first-order valence-electron chi connectivity index (χ1n) is 7.13. The fraction of sp³-hybridized carbons (Fsp3) is 0.222. The summed E-state index contributed by atoms with van der Waals surface area (Å²) in [4.78, 5) is 0. The number of hydrogen-bond acceptors (Lipinski definition) is 2. The molecule has 0 amide bonds. The topological polar surface area (TPSA) is 25.2 Å². The maximum atomic E-state index is 5.33. The molecule has 1 heterocycles. The van der Waals surface area contributed by atoms with Crippen molar-refractivity contribution in [2.75, 3.05) is 6.54 Å². The number of benzene rings is 2. The van der Waals surface area contributed by atoms with Crippen LogP contribution in [0.25, 0.3) is 10.8 Å². The first kappa shape index (κ1) is 12.9. The molecule has 0 spiro atoms. The van der Waals surface area contributed by atoms with Crippen LogP contribution < -0.4 is 5.32 Å². The molecule has 2 heteroatoms. The van der Waals surface area contributed by atoms with Crippen molar-refractivity contribution in [3.63, 3.8) is 0 Å². The fourth-order valence-electron chi connectivity index (χ4n) is 2.51. The molecular weight excluding hydrogens is 246 g/mol. The molecule has 0 unspecified atom stereocenters. The minimum absolute atomic E-state index is 0.916. The zero-order valence-corrected chi connectivity index (χ0v) is 11.5. The van der Waals surface area contributed by atoms with Crippen LogP contribution >= 0.6 is 0 Å². The number of furan rings is 1. The van der Waals surface area contributed by atoms with Gasteiger partial charge in [0.15, 0.2) is 0 Å². The van der Waals surface area contributed by atoms with Crippen LogP contribution in [0.1, 0.15) is 17.7 Å². The third-order valence-electron chi connectivity index (χ3n) is 3.55. The maximum absolute atomic E-state index is 5.33. The summed E-state index contributed by atoms with van der Waals surface area (Å²) in [6.45, 7) is 1.92. The second-order valence-corrected chi connectivity index (χ2v) is 5.00. The second-order valence-electron chi connectivity index (χ2n) is 5.00. The van der Waals surface area contributed by atoms with E-state index in [1.165, 1.54) is 16.3 Å². The first-order valence-corrected chi connectivity index (χ1v) is 7.13. The predicted molar refractivity (Wildman–Crippen MR) is 82.7 cm³/mol. The van der Waals surface area contributed by atoms with Crippen molar-refractivity contribution in [1.29, 1.82) is 0 Å². The third kappa shape index (κ3) is 3.09. The van der Waals surface area contributed by atoms with E-state index >= 15 is 0 Å². The average molecular weight is 265 g/mol. The average Bonchev–Trinajstić information content (AvgIpc) is 3.00. The van der Waals surface area contributed by atoms with Gasteiger partial charge in [0.2, 0.25) is 0 Å². The summed E-state index contributed by atoms with van der Waals surface area (Å²) >= 11 is 0. The maximum Gasteiger partial charge on any atom is 0.103 e. The lowest BCUT2D eigenvalue weighted by molar-refractivity contribution is 0.496. The van der Waals surface area contributed by atoms with Crippen molar-refractivity contribution < 1.29 is 4.42 Å². The molecule has 0 aliphatic heterocycles. The van der Waals surface area contributed by atoms with Crippen molar-refractivity contribution in [3.05, 3.63) is 72.2 Å². The lowest BCUT2D eigenvalue weighted by Gasteiger charge is -2.08. The molecule has 0 saturated heterocycles. The SMILES string of the molecule is c1coc(CCCNCc2cccc3ccccc23)c1. The minimum Gasteiger partial charge on any atom is -0.469 e. The summed E-state index contributed by atoms with van der Waals surface area (Å²) < 4.78 is 5.33. The molecule has 0 atom stereocenters. The Bertz CT molecular complexity index is 653. The number of aryl methyl sites for hydroxylation is 1. The van der Waals surface area contributed by atoms with E-state index in [1.807, 2.05) is 12.1 Å². The van der Waals surface area contributed by atoms with Crippen molar-refractivity contribution in [2.45, 2.75) is 19.4 Å². The van der Waals surface area contributed by atoms with Gasteiger partial charge in [0, 0.05) is 13.0 Å². The number of hydrogen-bond donors (Lipinski definition) is 1. The van der Waals surface area contributed by atoms with Gasteiger partial charge in [-0.25, -0.2) is 0 Å². The van der Waals surface area contributed by atoms with Gasteiger partial charge in [-0.15, -0.1) is 0 Å². The Hall–Kier alpha value is -2.06. The first-order chi connectivity index (χ1) is 9.93. The molecule has 1 N–H and O–H groups in total. The lowest BCUT2D eigenvalue weighted by Crippen LogP contribution is -2.15. The molecule has 1 aromatic heterocycles. The van der Waals surface area contributed by atoms with Gasteiger partial charge in [0.1, 0.15) is 5.76 Å². The van der Waals surface area contributed by atoms with Gasteiger partial charge in [0.05, 0.1) is 6.26 Å². The van der Waals surface area contributed by atoms with Gasteiger partial charge in [-0.2, -0.15) is 0 Å². The highest BCUT2D eigenvalue weighted by Gasteiger charge is 2.00. The summed E-state index contributed by atoms with van der Waals surface area (Å²) in [5, 5.41) is 6.16. The van der Waals surface area contributed by atoms with E-state index < -0.39 is 0 Å². The van der Waals surface area contributed by atoms with E-state index in [0.29, 0.717) is 0 Å². The van der Waals surface area contributed by atoms with Gasteiger partial charge in [-0.3, -0.25) is 0 Å². The van der Waals surface area contributed by atoms with Crippen LogP contribution in [0.5, 0.6) is 0 Å². The molecule has 2 nitrogen and oxygen atoms in total. The van der Waals surface area contributed by atoms with Crippen LogP contribution in [0.2, 0.25) is 0 Å². The quantitative estimate of drug-likeness (QED) is 0.677. The predicted octanol–water partition coefficient (Wildman–Crippen LogP) is 4.16. The Labute approximate surface area is 119 Å². The van der Waals surface area contributed by atoms with Crippen LogP contribution in [-0.2, 0) is 13.0 Å². The molecule has 0 radical (unpaired) electrons. The number of rotatable bonds is 6. The van der Waals surface area contributed by atoms with E-state index in [9.17, 15) is 0 Å². The molecule has 3 aromatic rings. The van der Waals surface area contributed by atoms with Crippen molar-refractivity contribution in [1.82, 2.24) is 5.32 Å². The smallest absolute Gasteiger partial charge is 0.103 e. The second kappa shape index (κ2) is 6.40. The van der Waals surface area contributed by atoms with Gasteiger partial charge in [-0.05, 0) is 41.4 Å². The Kier molecular flexibility index (Phi) is 4.14. The van der Waals surface area contributed by atoms with E-state index in [-0.39, 0.29) is 0 Å². The third-order valence-corrected chi connectivity index (χ3v) is 3.55. The monoisotopic (exact) mass is 265 g/mol. The van der Waals surface area contributed by atoms with Crippen LogP contribution in [0.15, 0.2) is 65.3 Å². The van der Waals surface area contributed by atoms with Gasteiger partial charge in [0.25, 0.3) is 0 Å². The molecule has 102 valence electrons. The Balaban J connectivity index is 1.52. The van der Waals surface area contributed by atoms with Crippen molar-refractivity contribution >= 4 is 10.8 Å². The summed E-state index contributed by atoms with van der Waals surface area (Å²) in [5.74, 6) is 1.07. The highest BCUT2D eigenvalue weighted by atomic mass is 16.3. The summed E-state index contributed by atoms with van der Waals surface area (Å²) in [6, 6.07) is 19.0. The van der Waals surface area contributed by atoms with Crippen molar-refractivity contribution in [2.24, 2.45) is 0 Å². The van der Waals surface area contributed by atoms with Crippen LogP contribution in [0.4, 0.5) is 0 Å². The summed E-state index contributed by atoms with van der Waals surface area (Å²) in [7, 11) is 0. The highest BCUT2D eigenvalue weighted by molar-refractivity contribution is 5.85. The zero-order chi connectivity index (χ0) is 13.6. The number of nitrogens with one attached hydrogen (secondary N) is 1. The summed E-state index contributed by atoms with van der Waals surface area (Å²) in [6.07, 6.45) is 3.83. The van der Waals surface area contributed by atoms with E-state index in [0.717, 1.165) is 31.7 Å². The molecule has 0 aliphatic carbocycles. The largest absolute Gasteiger partial charge is 0.469 e. The Morgan fingerprint density at radius 1 is 0.900 bits per heavy atom. The molecule has 3 rings (SSSR count). The highest BCUT2D eigenvalue weighted by Crippen LogP contribution is 2.18. The lowest BCUT2D eigenvalue weighted by atomic mass is 10.0. The minimum atomic E-state index is 0.916. The Morgan fingerprint density at radius 2 is 1.80 bits per heavy atom. The molecule has 0 aliphatic rings.